The zero-order valence-corrected chi connectivity index (χ0v) is 6.37. The predicted octanol–water partition coefficient (Wildman–Crippen LogP) is 0.809. The summed E-state index contributed by atoms with van der Waals surface area (Å²) in [6.45, 7) is 0. The van der Waals surface area contributed by atoms with Crippen molar-refractivity contribution in [3.8, 4) is 0 Å². The van der Waals surface area contributed by atoms with E-state index in [4.69, 9.17) is 0 Å². The van der Waals surface area contributed by atoms with Crippen LogP contribution in [-0.4, -0.2) is 20.3 Å². The van der Waals surface area contributed by atoms with Gasteiger partial charge in [0.15, 0.2) is 0 Å². The second kappa shape index (κ2) is 3.50. The molecule has 0 aliphatic rings. The van der Waals surface area contributed by atoms with Crippen LogP contribution in [0.1, 0.15) is 5.82 Å². The Kier molecular flexibility index (Phi) is 2.57. The molecule has 0 radical (unpaired) electrons. The highest BCUT2D eigenvalue weighted by molar-refractivity contribution is 9.09. The van der Waals surface area contributed by atoms with Crippen LogP contribution >= 0.6 is 15.9 Å². The first-order valence-corrected chi connectivity index (χ1v) is 3.72. The third-order valence-electron chi connectivity index (χ3n) is 0.865. The molecule has 0 spiro atoms. The van der Waals surface area contributed by atoms with Gasteiger partial charge < -0.3 is 0 Å². The van der Waals surface area contributed by atoms with Gasteiger partial charge in [-0.25, -0.2) is 15.0 Å². The molecule has 0 atom stereocenters. The van der Waals surface area contributed by atoms with E-state index < -0.39 is 0 Å². The first-order chi connectivity index (χ1) is 4.43. The van der Waals surface area contributed by atoms with E-state index in [0.29, 0.717) is 0 Å². The van der Waals surface area contributed by atoms with E-state index in [1.165, 1.54) is 12.7 Å². The maximum absolute atomic E-state index is 3.92. The van der Waals surface area contributed by atoms with Crippen molar-refractivity contribution in [1.29, 1.82) is 0 Å². The molecular weight excluding hydrogens is 182 g/mol. The number of rotatable bonds is 2. The molecule has 48 valence electrons. The van der Waals surface area contributed by atoms with Crippen molar-refractivity contribution in [2.45, 2.75) is 6.42 Å². The van der Waals surface area contributed by atoms with Crippen LogP contribution in [0.3, 0.4) is 0 Å². The highest BCUT2D eigenvalue weighted by Crippen LogP contribution is 1.90. The van der Waals surface area contributed by atoms with Crippen molar-refractivity contribution in [3.05, 3.63) is 18.5 Å². The van der Waals surface area contributed by atoms with Crippen molar-refractivity contribution < 1.29 is 0 Å². The molecule has 0 amide bonds. The van der Waals surface area contributed by atoms with Gasteiger partial charge in [0.05, 0.1) is 0 Å². The van der Waals surface area contributed by atoms with Gasteiger partial charge in [-0.15, -0.1) is 0 Å². The number of hydrogen-bond acceptors (Lipinski definition) is 3. The van der Waals surface area contributed by atoms with Crippen LogP contribution in [0.2, 0.25) is 0 Å². The first-order valence-electron chi connectivity index (χ1n) is 2.60. The number of aryl methyl sites for hydroxylation is 1. The van der Waals surface area contributed by atoms with E-state index in [9.17, 15) is 0 Å². The van der Waals surface area contributed by atoms with Gasteiger partial charge >= 0.3 is 0 Å². The number of hydrogen-bond donors (Lipinski definition) is 0. The van der Waals surface area contributed by atoms with Gasteiger partial charge in [-0.3, -0.25) is 0 Å². The molecule has 3 nitrogen and oxygen atoms in total. The largest absolute Gasteiger partial charge is 0.225 e. The van der Waals surface area contributed by atoms with E-state index in [0.717, 1.165) is 17.6 Å². The zero-order valence-electron chi connectivity index (χ0n) is 4.79. The van der Waals surface area contributed by atoms with Gasteiger partial charge in [0.25, 0.3) is 0 Å². The third kappa shape index (κ3) is 2.05. The standard InChI is InChI=1S/C5H6BrN3/c6-2-1-5-8-3-7-4-9-5/h3-4H,1-2H2. The Hall–Kier alpha value is -0.510. The predicted molar refractivity (Wildman–Crippen MR) is 37.3 cm³/mol. The summed E-state index contributed by atoms with van der Waals surface area (Å²) in [4.78, 5) is 11.5. The summed E-state index contributed by atoms with van der Waals surface area (Å²) in [5.74, 6) is 0.835. The Morgan fingerprint density at radius 2 is 2.00 bits per heavy atom. The molecule has 0 saturated heterocycles. The molecule has 0 aromatic carbocycles. The monoisotopic (exact) mass is 187 g/mol. The van der Waals surface area contributed by atoms with Gasteiger partial charge in [-0.2, -0.15) is 0 Å². The van der Waals surface area contributed by atoms with Crippen molar-refractivity contribution in [3.63, 3.8) is 0 Å². The van der Waals surface area contributed by atoms with E-state index in [-0.39, 0.29) is 0 Å². The second-order valence-corrected chi connectivity index (χ2v) is 2.29. The Bertz CT molecular complexity index is 165. The Labute approximate surface area is 61.7 Å². The molecule has 0 aliphatic heterocycles. The lowest BCUT2D eigenvalue weighted by Gasteiger charge is -1.90. The Morgan fingerprint density at radius 3 is 2.56 bits per heavy atom. The second-order valence-electron chi connectivity index (χ2n) is 1.49. The highest BCUT2D eigenvalue weighted by atomic mass is 79.9. The Balaban J connectivity index is 2.61. The maximum atomic E-state index is 3.92. The molecule has 0 saturated carbocycles. The lowest BCUT2D eigenvalue weighted by molar-refractivity contribution is 0.905. The molecule has 1 rings (SSSR count). The average Bonchev–Trinajstić information content (AvgIpc) is 1.91. The van der Waals surface area contributed by atoms with Crippen molar-refractivity contribution in [2.75, 3.05) is 5.33 Å². The van der Waals surface area contributed by atoms with Gasteiger partial charge in [-0.1, -0.05) is 15.9 Å². The minimum atomic E-state index is 0.835. The molecule has 9 heavy (non-hydrogen) atoms. The average molecular weight is 188 g/mol. The zero-order chi connectivity index (χ0) is 6.53. The van der Waals surface area contributed by atoms with Crippen LogP contribution in [0.5, 0.6) is 0 Å². The van der Waals surface area contributed by atoms with Crippen LogP contribution in [0.15, 0.2) is 12.7 Å². The van der Waals surface area contributed by atoms with E-state index in [1.54, 1.807) is 0 Å². The van der Waals surface area contributed by atoms with Crippen molar-refractivity contribution in [2.24, 2.45) is 0 Å². The Morgan fingerprint density at radius 1 is 1.33 bits per heavy atom. The van der Waals surface area contributed by atoms with Crippen molar-refractivity contribution >= 4 is 15.9 Å². The summed E-state index contributed by atoms with van der Waals surface area (Å²) < 4.78 is 0. The van der Waals surface area contributed by atoms with Crippen LogP contribution in [0.25, 0.3) is 0 Å². The van der Waals surface area contributed by atoms with Crippen LogP contribution in [0, 0.1) is 0 Å². The minimum absolute atomic E-state index is 0.835. The molecule has 0 unspecified atom stereocenters. The summed E-state index contributed by atoms with van der Waals surface area (Å²) in [7, 11) is 0. The molecule has 1 aromatic rings. The number of nitrogens with zero attached hydrogens (tertiary/aromatic N) is 3. The van der Waals surface area contributed by atoms with Gasteiger partial charge in [0.1, 0.15) is 18.5 Å². The smallest absolute Gasteiger partial charge is 0.132 e. The van der Waals surface area contributed by atoms with Crippen LogP contribution in [0.4, 0.5) is 0 Å². The fourth-order valence-corrected chi connectivity index (χ4v) is 0.831. The topological polar surface area (TPSA) is 38.7 Å². The summed E-state index contributed by atoms with van der Waals surface area (Å²) >= 11 is 3.29. The van der Waals surface area contributed by atoms with Crippen LogP contribution < -0.4 is 0 Å². The molecule has 0 N–H and O–H groups in total. The molecule has 0 fully saturated rings. The number of halogens is 1. The van der Waals surface area contributed by atoms with Crippen molar-refractivity contribution in [1.82, 2.24) is 15.0 Å². The van der Waals surface area contributed by atoms with E-state index in [2.05, 4.69) is 30.9 Å². The van der Waals surface area contributed by atoms with Gasteiger partial charge in [0, 0.05) is 11.8 Å². The normalized spacial score (nSPS) is 9.44. The minimum Gasteiger partial charge on any atom is -0.225 e. The molecule has 1 heterocycles. The third-order valence-corrected chi connectivity index (χ3v) is 1.26. The number of aromatic nitrogens is 3. The lowest BCUT2D eigenvalue weighted by Crippen LogP contribution is -1.94. The van der Waals surface area contributed by atoms with E-state index >= 15 is 0 Å². The lowest BCUT2D eigenvalue weighted by atomic mass is 10.5. The summed E-state index contributed by atoms with van der Waals surface area (Å²) in [6.07, 6.45) is 3.87. The molecule has 0 aliphatic carbocycles. The molecular formula is C5H6BrN3. The first kappa shape index (κ1) is 6.61. The summed E-state index contributed by atoms with van der Waals surface area (Å²) in [5, 5.41) is 0.900. The number of alkyl halides is 1. The highest BCUT2D eigenvalue weighted by Gasteiger charge is 1.89. The fraction of sp³-hybridized carbons (Fsp3) is 0.400. The summed E-state index contributed by atoms with van der Waals surface area (Å²) in [5.41, 5.74) is 0. The van der Waals surface area contributed by atoms with Crippen LogP contribution in [-0.2, 0) is 6.42 Å². The van der Waals surface area contributed by atoms with Gasteiger partial charge in [0.2, 0.25) is 0 Å². The SMILES string of the molecule is BrCCc1ncncn1. The molecule has 1 aromatic heterocycles. The van der Waals surface area contributed by atoms with Gasteiger partial charge in [-0.05, 0) is 0 Å². The summed E-state index contributed by atoms with van der Waals surface area (Å²) in [6, 6.07) is 0. The quantitative estimate of drug-likeness (QED) is 0.644. The maximum Gasteiger partial charge on any atom is 0.132 e. The van der Waals surface area contributed by atoms with E-state index in [1.807, 2.05) is 0 Å². The molecule has 4 heteroatoms. The molecule has 0 bridgehead atoms. The fourth-order valence-electron chi connectivity index (χ4n) is 0.477.